The number of hydrogen-bond donors (Lipinski definition) is 2. The summed E-state index contributed by atoms with van der Waals surface area (Å²) in [7, 11) is -3.80. The molecule has 1 atom stereocenters. The second kappa shape index (κ2) is 11.8. The smallest absolute Gasteiger partial charge is 0.253 e. The summed E-state index contributed by atoms with van der Waals surface area (Å²) in [5, 5.41) is 6.31. The molecular formula is C28H28ClN5O3S2. The molecule has 0 bridgehead atoms. The molecule has 0 spiro atoms. The van der Waals surface area contributed by atoms with E-state index in [1.807, 2.05) is 55.5 Å². The van der Waals surface area contributed by atoms with Gasteiger partial charge in [0.2, 0.25) is 5.91 Å². The molecule has 4 aromatic rings. The van der Waals surface area contributed by atoms with E-state index >= 15 is 0 Å². The van der Waals surface area contributed by atoms with E-state index < -0.39 is 16.1 Å². The molecule has 0 aliphatic carbocycles. The third-order valence-electron chi connectivity index (χ3n) is 6.51. The van der Waals surface area contributed by atoms with Gasteiger partial charge in [0.15, 0.2) is 0 Å². The van der Waals surface area contributed by atoms with Crippen LogP contribution in [0.4, 0.5) is 5.82 Å². The summed E-state index contributed by atoms with van der Waals surface area (Å²) in [5.41, 5.74) is 4.75. The van der Waals surface area contributed by atoms with E-state index in [1.165, 1.54) is 10.4 Å². The number of pyridine rings is 2. The van der Waals surface area contributed by atoms with Gasteiger partial charge in [0.1, 0.15) is 16.1 Å². The molecule has 202 valence electrons. The van der Waals surface area contributed by atoms with E-state index in [0.717, 1.165) is 39.3 Å². The Morgan fingerprint density at radius 2 is 1.92 bits per heavy atom. The minimum absolute atomic E-state index is 0.147. The number of hydrogen-bond acceptors (Lipinski definition) is 7. The van der Waals surface area contributed by atoms with Crippen molar-refractivity contribution in [1.29, 1.82) is 0 Å². The van der Waals surface area contributed by atoms with Crippen LogP contribution >= 0.6 is 22.9 Å². The summed E-state index contributed by atoms with van der Waals surface area (Å²) in [4.78, 5) is 22.2. The number of sulfonamides is 1. The molecule has 1 fully saturated rings. The Kier molecular flexibility index (Phi) is 8.27. The zero-order valence-corrected chi connectivity index (χ0v) is 23.7. The number of nitrogens with one attached hydrogen (secondary N) is 2. The Morgan fingerprint density at radius 3 is 2.64 bits per heavy atom. The van der Waals surface area contributed by atoms with Gasteiger partial charge in [0.25, 0.3) is 10.0 Å². The number of benzene rings is 1. The van der Waals surface area contributed by atoms with Crippen molar-refractivity contribution in [1.82, 2.24) is 19.6 Å². The van der Waals surface area contributed by atoms with Crippen molar-refractivity contribution in [3.63, 3.8) is 0 Å². The quantitative estimate of drug-likeness (QED) is 0.280. The number of rotatable bonds is 9. The Hall–Kier alpha value is -3.31. The first kappa shape index (κ1) is 27.3. The molecule has 1 aliphatic heterocycles. The summed E-state index contributed by atoms with van der Waals surface area (Å²) in [5.74, 6) is 0.345. The van der Waals surface area contributed by atoms with E-state index in [2.05, 4.69) is 15.6 Å². The highest BCUT2D eigenvalue weighted by Gasteiger charge is 2.40. The zero-order chi connectivity index (χ0) is 27.4. The molecule has 4 heterocycles. The molecule has 11 heteroatoms. The summed E-state index contributed by atoms with van der Waals surface area (Å²) in [6.07, 6.45) is 4.61. The predicted molar refractivity (Wildman–Crippen MR) is 154 cm³/mol. The summed E-state index contributed by atoms with van der Waals surface area (Å²) >= 11 is 6.96. The molecule has 39 heavy (non-hydrogen) atoms. The van der Waals surface area contributed by atoms with Crippen molar-refractivity contribution in [3.05, 3.63) is 94.1 Å². The van der Waals surface area contributed by atoms with Gasteiger partial charge in [-0.1, -0.05) is 47.5 Å². The lowest BCUT2D eigenvalue weighted by Crippen LogP contribution is -2.45. The third kappa shape index (κ3) is 6.47. The maximum Gasteiger partial charge on any atom is 0.253 e. The van der Waals surface area contributed by atoms with Crippen molar-refractivity contribution in [2.45, 2.75) is 43.1 Å². The first-order valence-electron chi connectivity index (χ1n) is 12.6. The molecule has 0 radical (unpaired) electrons. The van der Waals surface area contributed by atoms with Gasteiger partial charge >= 0.3 is 0 Å². The molecule has 1 saturated heterocycles. The first-order chi connectivity index (χ1) is 18.8. The van der Waals surface area contributed by atoms with Crippen LogP contribution < -0.4 is 10.6 Å². The average molecular weight is 582 g/mol. The van der Waals surface area contributed by atoms with E-state index in [1.54, 1.807) is 18.5 Å². The first-order valence-corrected chi connectivity index (χ1v) is 15.2. The van der Waals surface area contributed by atoms with Gasteiger partial charge < -0.3 is 10.6 Å². The molecule has 1 aromatic carbocycles. The zero-order valence-electron chi connectivity index (χ0n) is 21.3. The molecule has 5 rings (SSSR count). The van der Waals surface area contributed by atoms with Gasteiger partial charge in [0.05, 0.1) is 10.0 Å². The van der Waals surface area contributed by atoms with Gasteiger partial charge in [-0.25, -0.2) is 13.4 Å². The second-order valence-corrected chi connectivity index (χ2v) is 13.2. The third-order valence-corrected chi connectivity index (χ3v) is 10.1. The highest BCUT2D eigenvalue weighted by Crippen LogP contribution is 2.32. The van der Waals surface area contributed by atoms with Gasteiger partial charge in [-0.2, -0.15) is 4.31 Å². The Bertz CT molecular complexity index is 1560. The van der Waals surface area contributed by atoms with E-state index in [9.17, 15) is 13.2 Å². The molecule has 1 aliphatic rings. The predicted octanol–water partition coefficient (Wildman–Crippen LogP) is 5.25. The number of amides is 1. The number of anilines is 1. The van der Waals surface area contributed by atoms with Crippen LogP contribution in [0.3, 0.4) is 0 Å². The lowest BCUT2D eigenvalue weighted by molar-refractivity contribution is -0.124. The number of aryl methyl sites for hydroxylation is 1. The summed E-state index contributed by atoms with van der Waals surface area (Å²) in [6.45, 7) is 3.11. The van der Waals surface area contributed by atoms with E-state index in [-0.39, 0.29) is 16.7 Å². The maximum atomic E-state index is 13.2. The van der Waals surface area contributed by atoms with Gasteiger partial charge in [-0.3, -0.25) is 9.78 Å². The molecule has 0 unspecified atom stereocenters. The average Bonchev–Trinajstić information content (AvgIpc) is 3.62. The van der Waals surface area contributed by atoms with Gasteiger partial charge in [-0.15, -0.1) is 11.3 Å². The number of nitrogens with zero attached hydrogens (tertiary/aromatic N) is 3. The van der Waals surface area contributed by atoms with Crippen LogP contribution in [0.1, 0.15) is 29.5 Å². The molecule has 1 amide bonds. The second-order valence-electron chi connectivity index (χ2n) is 9.38. The van der Waals surface area contributed by atoms with Gasteiger partial charge in [0, 0.05) is 37.6 Å². The lowest BCUT2D eigenvalue weighted by Gasteiger charge is -2.22. The number of carbonyl (C=O) groups excluding carboxylic acids is 1. The minimum Gasteiger partial charge on any atom is -0.366 e. The van der Waals surface area contributed by atoms with E-state index in [0.29, 0.717) is 36.1 Å². The largest absolute Gasteiger partial charge is 0.366 e. The number of carbonyl (C=O) groups is 1. The molecule has 2 N–H and O–H groups in total. The van der Waals surface area contributed by atoms with Gasteiger partial charge in [-0.05, 0) is 61.2 Å². The maximum absolute atomic E-state index is 13.2. The van der Waals surface area contributed by atoms with Crippen molar-refractivity contribution in [2.75, 3.05) is 11.9 Å². The topological polar surface area (TPSA) is 104 Å². The standard InChI is InChI=1S/C28H28ClN5O3S2/c1-19-6-8-22(9-7-19)23-14-21(15-26(33-23)31-17-20-4-2-12-30-16-20)18-32-28(35)24-5-3-13-34(24)39(36,37)27-11-10-25(29)38-27/h2,4,6-12,14-16,24H,3,5,13,17-18H2,1H3,(H,31,33)(H,32,35)/t24-/m0/s1. The van der Waals surface area contributed by atoms with Crippen LogP contribution in [0, 0.1) is 6.92 Å². The lowest BCUT2D eigenvalue weighted by atomic mass is 10.1. The molecule has 0 saturated carbocycles. The van der Waals surface area contributed by atoms with Crippen molar-refractivity contribution in [3.8, 4) is 11.3 Å². The normalized spacial score (nSPS) is 15.8. The van der Waals surface area contributed by atoms with Crippen molar-refractivity contribution < 1.29 is 13.2 Å². The fourth-order valence-electron chi connectivity index (χ4n) is 4.50. The molecular weight excluding hydrogens is 554 g/mol. The highest BCUT2D eigenvalue weighted by molar-refractivity contribution is 7.91. The minimum atomic E-state index is -3.80. The van der Waals surface area contributed by atoms with Crippen LogP contribution in [0.5, 0.6) is 0 Å². The highest BCUT2D eigenvalue weighted by atomic mass is 35.5. The van der Waals surface area contributed by atoms with Crippen LogP contribution in [0.2, 0.25) is 4.34 Å². The van der Waals surface area contributed by atoms with Crippen LogP contribution in [0.25, 0.3) is 11.3 Å². The number of aromatic nitrogens is 2. The SMILES string of the molecule is Cc1ccc(-c2cc(CNC(=O)[C@@H]3CCCN3S(=O)(=O)c3ccc(Cl)s3)cc(NCc3cccnc3)n2)cc1. The monoisotopic (exact) mass is 581 g/mol. The Balaban J connectivity index is 1.34. The van der Waals surface area contributed by atoms with E-state index in [4.69, 9.17) is 16.6 Å². The van der Waals surface area contributed by atoms with Crippen LogP contribution in [-0.4, -0.2) is 41.2 Å². The number of halogens is 1. The van der Waals surface area contributed by atoms with Crippen LogP contribution in [0.15, 0.2) is 77.3 Å². The Labute approximate surface area is 237 Å². The van der Waals surface area contributed by atoms with Crippen molar-refractivity contribution >= 4 is 44.7 Å². The van der Waals surface area contributed by atoms with Crippen LogP contribution in [-0.2, 0) is 27.9 Å². The Morgan fingerprint density at radius 1 is 1.10 bits per heavy atom. The molecule has 8 nitrogen and oxygen atoms in total. The fourth-order valence-corrected chi connectivity index (χ4v) is 7.76. The molecule has 3 aromatic heterocycles. The number of thiophene rings is 1. The summed E-state index contributed by atoms with van der Waals surface area (Å²) < 4.78 is 28.2. The van der Waals surface area contributed by atoms with Crippen molar-refractivity contribution in [2.24, 2.45) is 0 Å². The summed E-state index contributed by atoms with van der Waals surface area (Å²) in [6, 6.07) is 18.1. The fraction of sp³-hybridized carbons (Fsp3) is 0.250.